The van der Waals surface area contributed by atoms with Crippen molar-refractivity contribution in [2.24, 2.45) is 0 Å². The number of pyridine rings is 1. The van der Waals surface area contributed by atoms with Crippen molar-refractivity contribution >= 4 is 11.7 Å². The van der Waals surface area contributed by atoms with E-state index in [9.17, 15) is 18.0 Å². The van der Waals surface area contributed by atoms with Crippen molar-refractivity contribution in [1.29, 1.82) is 0 Å². The van der Waals surface area contributed by atoms with E-state index in [0.29, 0.717) is 12.8 Å². The SMILES string of the molecule is CC[C@H]1C[C@@H](C(F)(F)F)n2ncc(C(=O)NC(C)Cc3ccccn3)c2N1. The fourth-order valence-electron chi connectivity index (χ4n) is 3.26. The molecule has 9 heteroatoms. The molecule has 2 aromatic rings. The molecule has 6 nitrogen and oxygen atoms in total. The fraction of sp³-hybridized carbons (Fsp3) is 0.500. The van der Waals surface area contributed by atoms with Gasteiger partial charge in [-0.3, -0.25) is 9.78 Å². The summed E-state index contributed by atoms with van der Waals surface area (Å²) in [6.45, 7) is 3.63. The minimum atomic E-state index is -4.42. The first-order valence-corrected chi connectivity index (χ1v) is 8.91. The summed E-state index contributed by atoms with van der Waals surface area (Å²) in [5.74, 6) is -0.331. The highest BCUT2D eigenvalue weighted by atomic mass is 19.4. The first-order valence-electron chi connectivity index (χ1n) is 8.91. The minimum absolute atomic E-state index is 0.105. The van der Waals surface area contributed by atoms with Gasteiger partial charge in [-0.25, -0.2) is 4.68 Å². The van der Waals surface area contributed by atoms with E-state index in [2.05, 4.69) is 20.7 Å². The summed E-state index contributed by atoms with van der Waals surface area (Å²) >= 11 is 0. The number of nitrogens with one attached hydrogen (secondary N) is 2. The second-order valence-electron chi connectivity index (χ2n) is 6.79. The average molecular weight is 381 g/mol. The Kier molecular flexibility index (Phi) is 5.38. The third-order valence-electron chi connectivity index (χ3n) is 4.67. The third kappa shape index (κ3) is 4.23. The van der Waals surface area contributed by atoms with Gasteiger partial charge in [0.2, 0.25) is 0 Å². The summed E-state index contributed by atoms with van der Waals surface area (Å²) in [5, 5.41) is 9.69. The van der Waals surface area contributed by atoms with E-state index in [1.54, 1.807) is 12.3 Å². The van der Waals surface area contributed by atoms with Crippen LogP contribution in [0.5, 0.6) is 0 Å². The highest BCUT2D eigenvalue weighted by Crippen LogP contribution is 2.40. The summed E-state index contributed by atoms with van der Waals surface area (Å²) in [6.07, 6.45) is -0.616. The van der Waals surface area contributed by atoms with Crippen LogP contribution in [0, 0.1) is 0 Å². The highest BCUT2D eigenvalue weighted by Gasteiger charge is 2.46. The van der Waals surface area contributed by atoms with E-state index < -0.39 is 18.1 Å². The highest BCUT2D eigenvalue weighted by molar-refractivity contribution is 5.99. The van der Waals surface area contributed by atoms with Crippen molar-refractivity contribution in [2.75, 3.05) is 5.32 Å². The smallest absolute Gasteiger partial charge is 0.367 e. The zero-order valence-corrected chi connectivity index (χ0v) is 15.1. The Morgan fingerprint density at radius 1 is 1.44 bits per heavy atom. The van der Waals surface area contributed by atoms with Crippen LogP contribution in [0.3, 0.4) is 0 Å². The molecular formula is C18H22F3N5O. The van der Waals surface area contributed by atoms with Gasteiger partial charge in [0.25, 0.3) is 5.91 Å². The molecule has 0 aliphatic carbocycles. The van der Waals surface area contributed by atoms with Gasteiger partial charge in [-0.2, -0.15) is 18.3 Å². The Balaban J connectivity index is 1.77. The number of carbonyl (C=O) groups excluding carboxylic acids is 1. The van der Waals surface area contributed by atoms with Crippen LogP contribution in [0.2, 0.25) is 0 Å². The summed E-state index contributed by atoms with van der Waals surface area (Å²) in [4.78, 5) is 16.8. The van der Waals surface area contributed by atoms with Crippen LogP contribution in [-0.4, -0.2) is 38.9 Å². The van der Waals surface area contributed by atoms with Crippen molar-refractivity contribution in [3.63, 3.8) is 0 Å². The van der Waals surface area contributed by atoms with Crippen LogP contribution in [0.1, 0.15) is 48.8 Å². The van der Waals surface area contributed by atoms with Gasteiger partial charge >= 0.3 is 6.18 Å². The van der Waals surface area contributed by atoms with Crippen LogP contribution in [-0.2, 0) is 6.42 Å². The van der Waals surface area contributed by atoms with Gasteiger partial charge in [-0.05, 0) is 31.9 Å². The molecule has 3 atom stereocenters. The number of alkyl halides is 3. The van der Waals surface area contributed by atoms with Crippen LogP contribution in [0.15, 0.2) is 30.6 Å². The summed E-state index contributed by atoms with van der Waals surface area (Å²) < 4.78 is 41.1. The minimum Gasteiger partial charge on any atom is -0.367 e. The third-order valence-corrected chi connectivity index (χ3v) is 4.67. The molecule has 0 radical (unpaired) electrons. The van der Waals surface area contributed by atoms with E-state index in [1.165, 1.54) is 6.20 Å². The van der Waals surface area contributed by atoms with Gasteiger partial charge in [0, 0.05) is 30.4 Å². The number of aromatic nitrogens is 3. The normalized spacial score (nSPS) is 20.5. The number of halogens is 3. The molecule has 3 heterocycles. The number of amides is 1. The van der Waals surface area contributed by atoms with Crippen molar-refractivity contribution in [2.45, 2.75) is 57.4 Å². The molecule has 0 bridgehead atoms. The first-order chi connectivity index (χ1) is 12.8. The number of anilines is 1. The van der Waals surface area contributed by atoms with Crippen molar-refractivity contribution in [3.05, 3.63) is 41.9 Å². The Hall–Kier alpha value is -2.58. The molecule has 146 valence electrons. The van der Waals surface area contributed by atoms with E-state index in [0.717, 1.165) is 10.4 Å². The number of hydrogen-bond acceptors (Lipinski definition) is 4. The number of carbonyl (C=O) groups is 1. The molecule has 1 aliphatic rings. The maximum absolute atomic E-state index is 13.4. The quantitative estimate of drug-likeness (QED) is 0.833. The van der Waals surface area contributed by atoms with Gasteiger partial charge in [0.05, 0.1) is 6.20 Å². The molecule has 0 saturated heterocycles. The maximum atomic E-state index is 13.4. The lowest BCUT2D eigenvalue weighted by Gasteiger charge is -2.33. The number of fused-ring (bicyclic) bond motifs is 1. The summed E-state index contributed by atoms with van der Waals surface area (Å²) in [5.41, 5.74) is 0.943. The van der Waals surface area contributed by atoms with Crippen LogP contribution < -0.4 is 10.6 Å². The molecule has 2 N–H and O–H groups in total. The second kappa shape index (κ2) is 7.58. The van der Waals surface area contributed by atoms with Gasteiger partial charge in [0.15, 0.2) is 6.04 Å². The van der Waals surface area contributed by atoms with Gasteiger partial charge < -0.3 is 10.6 Å². The number of rotatable bonds is 5. The lowest BCUT2D eigenvalue weighted by Crippen LogP contribution is -2.40. The van der Waals surface area contributed by atoms with Gasteiger partial charge in [-0.1, -0.05) is 13.0 Å². The van der Waals surface area contributed by atoms with E-state index in [1.807, 2.05) is 26.0 Å². The number of nitrogens with zero attached hydrogens (tertiary/aromatic N) is 3. The lowest BCUT2D eigenvalue weighted by molar-refractivity contribution is -0.173. The molecule has 0 saturated carbocycles. The zero-order valence-electron chi connectivity index (χ0n) is 15.1. The van der Waals surface area contributed by atoms with E-state index >= 15 is 0 Å². The van der Waals surface area contributed by atoms with Gasteiger partial charge in [-0.15, -0.1) is 0 Å². The maximum Gasteiger partial charge on any atom is 0.410 e. The van der Waals surface area contributed by atoms with Crippen LogP contribution in [0.25, 0.3) is 0 Å². The molecule has 0 fully saturated rings. The van der Waals surface area contributed by atoms with Crippen molar-refractivity contribution in [3.8, 4) is 0 Å². The predicted molar refractivity (Wildman–Crippen MR) is 94.5 cm³/mol. The molecule has 0 aromatic carbocycles. The van der Waals surface area contributed by atoms with Crippen LogP contribution >= 0.6 is 0 Å². The average Bonchev–Trinajstić information content (AvgIpc) is 3.04. The first kappa shape index (κ1) is 19.2. The standard InChI is InChI=1S/C18H22F3N5O/c1-3-12-9-15(18(19,20)21)26-16(25-12)14(10-23-26)17(27)24-11(2)8-13-6-4-5-7-22-13/h4-7,10-12,15,25H,3,8-9H2,1-2H3,(H,24,27)/t11?,12-,15-/m0/s1. The van der Waals surface area contributed by atoms with Crippen molar-refractivity contribution in [1.82, 2.24) is 20.1 Å². The summed E-state index contributed by atoms with van der Waals surface area (Å²) in [6, 6.07) is 3.19. The molecular weight excluding hydrogens is 359 g/mol. The largest absolute Gasteiger partial charge is 0.410 e. The Labute approximate surface area is 155 Å². The van der Waals surface area contributed by atoms with Crippen molar-refractivity contribution < 1.29 is 18.0 Å². The topological polar surface area (TPSA) is 71.8 Å². The molecule has 1 aliphatic heterocycles. The Morgan fingerprint density at radius 3 is 2.85 bits per heavy atom. The van der Waals surface area contributed by atoms with Crippen LogP contribution in [0.4, 0.5) is 19.0 Å². The molecule has 1 amide bonds. The molecule has 3 rings (SSSR count). The predicted octanol–water partition coefficient (Wildman–Crippen LogP) is 3.34. The Bertz CT molecular complexity index is 790. The molecule has 2 aromatic heterocycles. The molecule has 0 spiro atoms. The van der Waals surface area contributed by atoms with Gasteiger partial charge in [0.1, 0.15) is 11.4 Å². The summed E-state index contributed by atoms with van der Waals surface area (Å²) in [7, 11) is 0. The van der Waals surface area contributed by atoms with E-state index in [4.69, 9.17) is 0 Å². The number of hydrogen-bond donors (Lipinski definition) is 2. The second-order valence-corrected chi connectivity index (χ2v) is 6.79. The molecule has 1 unspecified atom stereocenters. The van der Waals surface area contributed by atoms with E-state index in [-0.39, 0.29) is 29.9 Å². The Morgan fingerprint density at radius 2 is 2.22 bits per heavy atom. The lowest BCUT2D eigenvalue weighted by atomic mass is 10.0. The fourth-order valence-corrected chi connectivity index (χ4v) is 3.26. The monoisotopic (exact) mass is 381 g/mol. The molecule has 27 heavy (non-hydrogen) atoms. The zero-order chi connectivity index (χ0) is 19.6.